The Morgan fingerprint density at radius 3 is 2.54 bits per heavy atom. The highest BCUT2D eigenvalue weighted by atomic mass is 79.9. The van der Waals surface area contributed by atoms with Crippen LogP contribution < -0.4 is 10.6 Å². The first kappa shape index (κ1) is 18.6. The van der Waals surface area contributed by atoms with Gasteiger partial charge in [0.1, 0.15) is 0 Å². The molecule has 0 heterocycles. The van der Waals surface area contributed by atoms with Crippen molar-refractivity contribution in [1.82, 2.24) is 10.6 Å². The number of carbonyl (C=O) groups excluding carboxylic acids is 2. The molecule has 0 spiro atoms. The third-order valence-electron chi connectivity index (χ3n) is 4.76. The highest BCUT2D eigenvalue weighted by molar-refractivity contribution is 9.10. The first-order chi connectivity index (χ1) is 12.6. The lowest BCUT2D eigenvalue weighted by Gasteiger charge is -2.12. The molecule has 0 radical (unpaired) electrons. The van der Waals surface area contributed by atoms with E-state index in [1.54, 1.807) is 12.1 Å². The lowest BCUT2D eigenvalue weighted by atomic mass is 9.97. The summed E-state index contributed by atoms with van der Waals surface area (Å²) in [6.45, 7) is 1.12. The Morgan fingerprint density at radius 1 is 1.00 bits per heavy atom. The second-order valence-corrected chi connectivity index (χ2v) is 7.52. The Morgan fingerprint density at radius 2 is 1.73 bits per heavy atom. The normalized spacial score (nSPS) is 15.3. The fourth-order valence-electron chi connectivity index (χ4n) is 3.37. The van der Waals surface area contributed by atoms with Crippen molar-refractivity contribution in [1.29, 1.82) is 0 Å². The molecular formula is C21H23BrN2O2. The number of fused-ring (bicyclic) bond motifs is 1. The van der Waals surface area contributed by atoms with Gasteiger partial charge in [-0.25, -0.2) is 0 Å². The average molecular weight is 415 g/mol. The van der Waals surface area contributed by atoms with Gasteiger partial charge in [-0.1, -0.05) is 40.2 Å². The Balaban J connectivity index is 1.33. The molecular weight excluding hydrogens is 392 g/mol. The van der Waals surface area contributed by atoms with Crippen LogP contribution in [0.4, 0.5) is 0 Å². The maximum Gasteiger partial charge on any atom is 0.251 e. The maximum atomic E-state index is 12.2. The fourth-order valence-corrected chi connectivity index (χ4v) is 3.64. The van der Waals surface area contributed by atoms with Crippen LogP contribution >= 0.6 is 15.9 Å². The first-order valence-corrected chi connectivity index (χ1v) is 9.81. The van der Waals surface area contributed by atoms with Crippen molar-refractivity contribution >= 4 is 27.7 Å². The average Bonchev–Trinajstić information content (AvgIpc) is 3.05. The third kappa shape index (κ3) is 4.94. The zero-order valence-electron chi connectivity index (χ0n) is 14.6. The Bertz CT molecular complexity index is 774. The number of hydrogen-bond donors (Lipinski definition) is 2. The van der Waals surface area contributed by atoms with Crippen LogP contribution in [0, 0.1) is 0 Å². The predicted octanol–water partition coefficient (Wildman–Crippen LogP) is 3.81. The van der Waals surface area contributed by atoms with Gasteiger partial charge in [-0.05, 0) is 60.6 Å². The van der Waals surface area contributed by atoms with Crippen molar-refractivity contribution in [2.24, 2.45) is 0 Å². The summed E-state index contributed by atoms with van der Waals surface area (Å²) in [5.41, 5.74) is 3.34. The lowest BCUT2D eigenvalue weighted by molar-refractivity contribution is -0.121. The number of aryl methyl sites for hydroxylation is 1. The molecule has 4 nitrogen and oxygen atoms in total. The van der Waals surface area contributed by atoms with E-state index in [4.69, 9.17) is 0 Å². The lowest BCUT2D eigenvalue weighted by Crippen LogP contribution is -2.30. The molecule has 0 fully saturated rings. The summed E-state index contributed by atoms with van der Waals surface area (Å²) < 4.78 is 0.946. The number of halogens is 1. The summed E-state index contributed by atoms with van der Waals surface area (Å²) in [4.78, 5) is 24.1. The number of rotatable bonds is 7. The van der Waals surface area contributed by atoms with Crippen LogP contribution in [0.25, 0.3) is 0 Å². The van der Waals surface area contributed by atoms with Gasteiger partial charge in [-0.3, -0.25) is 9.59 Å². The van der Waals surface area contributed by atoms with E-state index in [0.29, 0.717) is 31.0 Å². The number of carbonyl (C=O) groups is 2. The summed E-state index contributed by atoms with van der Waals surface area (Å²) in [6, 6.07) is 15.6. The molecule has 1 aliphatic carbocycles. The van der Waals surface area contributed by atoms with Crippen molar-refractivity contribution in [3.63, 3.8) is 0 Å². The van der Waals surface area contributed by atoms with E-state index < -0.39 is 0 Å². The fraction of sp³-hybridized carbons (Fsp3) is 0.333. The van der Waals surface area contributed by atoms with Gasteiger partial charge in [0.2, 0.25) is 5.91 Å². The van der Waals surface area contributed by atoms with Crippen LogP contribution in [-0.4, -0.2) is 24.9 Å². The molecule has 1 unspecified atom stereocenters. The minimum atomic E-state index is -0.0913. The zero-order valence-corrected chi connectivity index (χ0v) is 16.2. The van der Waals surface area contributed by atoms with Gasteiger partial charge in [0.15, 0.2) is 0 Å². The van der Waals surface area contributed by atoms with Gasteiger partial charge in [-0.15, -0.1) is 0 Å². The van der Waals surface area contributed by atoms with Crippen molar-refractivity contribution in [3.05, 3.63) is 69.7 Å². The molecule has 1 aliphatic rings. The monoisotopic (exact) mass is 414 g/mol. The van der Waals surface area contributed by atoms with Crippen LogP contribution in [0.15, 0.2) is 53.0 Å². The summed E-state index contributed by atoms with van der Waals surface area (Å²) in [5, 5.41) is 5.84. The second-order valence-electron chi connectivity index (χ2n) is 6.60. The molecule has 2 N–H and O–H groups in total. The predicted molar refractivity (Wildman–Crippen MR) is 106 cm³/mol. The maximum absolute atomic E-state index is 12.2. The quantitative estimate of drug-likeness (QED) is 0.676. The van der Waals surface area contributed by atoms with E-state index in [2.05, 4.69) is 44.8 Å². The van der Waals surface area contributed by atoms with Crippen LogP contribution in [-0.2, 0) is 11.2 Å². The molecule has 5 heteroatoms. The minimum absolute atomic E-state index is 0.0888. The zero-order chi connectivity index (χ0) is 18.4. The van der Waals surface area contributed by atoms with Gasteiger partial charge in [-0.2, -0.15) is 0 Å². The van der Waals surface area contributed by atoms with Crippen molar-refractivity contribution in [3.8, 4) is 0 Å². The Labute approximate surface area is 162 Å². The van der Waals surface area contributed by atoms with Crippen LogP contribution in [0.2, 0.25) is 0 Å². The summed E-state index contributed by atoms with van der Waals surface area (Å²) >= 11 is 3.35. The number of benzene rings is 2. The number of hydrogen-bond acceptors (Lipinski definition) is 2. The molecule has 0 aliphatic heterocycles. The molecule has 0 saturated heterocycles. The largest absolute Gasteiger partial charge is 0.356 e. The van der Waals surface area contributed by atoms with Crippen molar-refractivity contribution in [2.45, 2.75) is 31.6 Å². The number of nitrogens with one attached hydrogen (secondary N) is 2. The molecule has 26 heavy (non-hydrogen) atoms. The van der Waals surface area contributed by atoms with E-state index in [-0.39, 0.29) is 11.8 Å². The smallest absolute Gasteiger partial charge is 0.251 e. The molecule has 3 rings (SSSR count). The van der Waals surface area contributed by atoms with Crippen LogP contribution in [0.1, 0.15) is 46.7 Å². The molecule has 2 amide bonds. The van der Waals surface area contributed by atoms with Crippen LogP contribution in [0.5, 0.6) is 0 Å². The van der Waals surface area contributed by atoms with E-state index >= 15 is 0 Å². The molecule has 0 bridgehead atoms. The minimum Gasteiger partial charge on any atom is -0.356 e. The third-order valence-corrected chi connectivity index (χ3v) is 5.29. The summed E-state index contributed by atoms with van der Waals surface area (Å²) in [5.74, 6) is 0.334. The molecule has 0 saturated carbocycles. The summed E-state index contributed by atoms with van der Waals surface area (Å²) in [6.07, 6.45) is 3.38. The SMILES string of the molecule is O=C(CC1CCc2ccccc21)NCCCNC(=O)c1ccc(Br)cc1. The van der Waals surface area contributed by atoms with Crippen LogP contribution in [0.3, 0.4) is 0 Å². The Hall–Kier alpha value is -2.14. The number of amides is 2. The van der Waals surface area contributed by atoms with E-state index in [0.717, 1.165) is 23.7 Å². The van der Waals surface area contributed by atoms with E-state index in [1.165, 1.54) is 11.1 Å². The highest BCUT2D eigenvalue weighted by Crippen LogP contribution is 2.34. The highest BCUT2D eigenvalue weighted by Gasteiger charge is 2.23. The van der Waals surface area contributed by atoms with Gasteiger partial charge >= 0.3 is 0 Å². The topological polar surface area (TPSA) is 58.2 Å². The second kappa shape index (κ2) is 8.99. The Kier molecular flexibility index (Phi) is 6.45. The van der Waals surface area contributed by atoms with Gasteiger partial charge in [0, 0.05) is 29.5 Å². The van der Waals surface area contributed by atoms with Gasteiger partial charge < -0.3 is 10.6 Å². The first-order valence-electron chi connectivity index (χ1n) is 9.02. The molecule has 0 aromatic heterocycles. The standard InChI is InChI=1S/C21H23BrN2O2/c22-18-10-8-16(9-11-18)21(26)24-13-3-12-23-20(25)14-17-7-6-15-4-1-2-5-19(15)17/h1-2,4-5,8-11,17H,3,6-7,12-14H2,(H,23,25)(H,24,26). The molecule has 2 aromatic rings. The summed E-state index contributed by atoms with van der Waals surface area (Å²) in [7, 11) is 0. The van der Waals surface area contributed by atoms with Gasteiger partial charge in [0.05, 0.1) is 0 Å². The molecule has 2 aromatic carbocycles. The van der Waals surface area contributed by atoms with E-state index in [9.17, 15) is 9.59 Å². The van der Waals surface area contributed by atoms with Crippen molar-refractivity contribution in [2.75, 3.05) is 13.1 Å². The van der Waals surface area contributed by atoms with Gasteiger partial charge in [0.25, 0.3) is 5.91 Å². The molecule has 136 valence electrons. The molecule has 1 atom stereocenters. The van der Waals surface area contributed by atoms with Crippen molar-refractivity contribution < 1.29 is 9.59 Å². The van der Waals surface area contributed by atoms with E-state index in [1.807, 2.05) is 18.2 Å².